The number of hydrogen-bond donors (Lipinski definition) is 2. The van der Waals surface area contributed by atoms with Crippen LogP contribution in [0.4, 0.5) is 5.69 Å². The zero-order valence-electron chi connectivity index (χ0n) is 17.7. The maximum atomic E-state index is 13.0. The van der Waals surface area contributed by atoms with Crippen LogP contribution in [0.15, 0.2) is 54.6 Å². The Morgan fingerprint density at radius 2 is 1.61 bits per heavy atom. The second-order valence-electron chi connectivity index (χ2n) is 6.70. The molecule has 7 heteroatoms. The summed E-state index contributed by atoms with van der Waals surface area (Å²) < 4.78 is 10.5. The van der Waals surface area contributed by atoms with Gasteiger partial charge in [0.15, 0.2) is 0 Å². The molecule has 0 saturated heterocycles. The predicted molar refractivity (Wildman–Crippen MR) is 117 cm³/mol. The second-order valence-corrected chi connectivity index (χ2v) is 6.70. The van der Waals surface area contributed by atoms with Crippen molar-refractivity contribution in [1.82, 2.24) is 4.98 Å². The first-order chi connectivity index (χ1) is 15.0. The molecule has 2 aromatic carbocycles. The van der Waals surface area contributed by atoms with E-state index in [2.05, 4.69) is 10.3 Å². The molecule has 1 aromatic heterocycles. The van der Waals surface area contributed by atoms with Gasteiger partial charge in [-0.05, 0) is 50.6 Å². The number of rotatable bonds is 8. The largest absolute Gasteiger partial charge is 0.494 e. The van der Waals surface area contributed by atoms with E-state index in [4.69, 9.17) is 9.47 Å². The van der Waals surface area contributed by atoms with Crippen molar-refractivity contribution in [2.75, 3.05) is 18.5 Å². The molecule has 31 heavy (non-hydrogen) atoms. The number of carbonyl (C=O) groups excluding carboxylic acids is 3. The maximum Gasteiger partial charge on any atom is 0.340 e. The fraction of sp³-hybridized carbons (Fsp3) is 0.208. The third kappa shape index (κ3) is 4.83. The number of nitrogens with one attached hydrogen (secondary N) is 2. The van der Waals surface area contributed by atoms with Gasteiger partial charge in [-0.25, -0.2) is 4.79 Å². The molecule has 160 valence electrons. The number of hydrogen-bond acceptors (Lipinski definition) is 5. The highest BCUT2D eigenvalue weighted by Gasteiger charge is 2.29. The molecule has 0 aliphatic heterocycles. The Balaban J connectivity index is 1.95. The van der Waals surface area contributed by atoms with Crippen LogP contribution in [0.1, 0.15) is 40.4 Å². The molecule has 3 rings (SSSR count). The standard InChI is InChI=1S/C24H24N2O5/c1-4-30-18-13-11-17(12-14-18)26-23(28)22(27)21-20(16-9-7-6-8-10-16)19(15(3)25-21)24(29)31-5-2/h6-14,25H,4-5H2,1-3H3,(H,26,28). The highest BCUT2D eigenvalue weighted by atomic mass is 16.5. The van der Waals surface area contributed by atoms with E-state index in [9.17, 15) is 14.4 Å². The Hall–Kier alpha value is -3.87. The van der Waals surface area contributed by atoms with Gasteiger partial charge in [-0.2, -0.15) is 0 Å². The zero-order valence-corrected chi connectivity index (χ0v) is 17.7. The van der Waals surface area contributed by atoms with Crippen LogP contribution < -0.4 is 10.1 Å². The van der Waals surface area contributed by atoms with Crippen molar-refractivity contribution in [3.63, 3.8) is 0 Å². The van der Waals surface area contributed by atoms with E-state index in [1.54, 1.807) is 62.4 Å². The average Bonchev–Trinajstić information content (AvgIpc) is 3.12. The number of carbonyl (C=O) groups is 3. The third-order valence-electron chi connectivity index (χ3n) is 4.59. The molecule has 0 aliphatic carbocycles. The number of H-pyrrole nitrogens is 1. The second kappa shape index (κ2) is 9.75. The minimum absolute atomic E-state index is 0.0372. The summed E-state index contributed by atoms with van der Waals surface area (Å²) in [6, 6.07) is 15.7. The minimum atomic E-state index is -0.821. The molecule has 0 unspecified atom stereocenters. The molecule has 1 amide bonds. The van der Waals surface area contributed by atoms with Gasteiger partial charge in [-0.15, -0.1) is 0 Å². The number of esters is 1. The highest BCUT2D eigenvalue weighted by molar-refractivity contribution is 6.47. The topological polar surface area (TPSA) is 97.5 Å². The normalized spacial score (nSPS) is 10.4. The molecule has 0 saturated carbocycles. The van der Waals surface area contributed by atoms with Crippen LogP contribution in [0.25, 0.3) is 11.1 Å². The number of Topliss-reactive ketones (excluding diaryl/α,β-unsaturated/α-hetero) is 1. The van der Waals surface area contributed by atoms with E-state index >= 15 is 0 Å². The number of ether oxygens (including phenoxy) is 2. The first-order valence-corrected chi connectivity index (χ1v) is 9.99. The lowest BCUT2D eigenvalue weighted by Crippen LogP contribution is -2.23. The molecular weight excluding hydrogens is 396 g/mol. The summed E-state index contributed by atoms with van der Waals surface area (Å²) in [4.78, 5) is 41.2. The SMILES string of the molecule is CCOC(=O)c1c(C)[nH]c(C(=O)C(=O)Nc2ccc(OCC)cc2)c1-c1ccccc1. The predicted octanol–water partition coefficient (Wildman–Crippen LogP) is 4.39. The fourth-order valence-electron chi connectivity index (χ4n) is 3.25. The van der Waals surface area contributed by atoms with Crippen LogP contribution in [0, 0.1) is 6.92 Å². The van der Waals surface area contributed by atoms with Crippen LogP contribution >= 0.6 is 0 Å². The Bertz CT molecular complexity index is 1090. The summed E-state index contributed by atoms with van der Waals surface area (Å²) in [5, 5.41) is 2.59. The lowest BCUT2D eigenvalue weighted by molar-refractivity contribution is -0.112. The quantitative estimate of drug-likeness (QED) is 0.320. The first-order valence-electron chi connectivity index (χ1n) is 9.99. The smallest absolute Gasteiger partial charge is 0.340 e. The first kappa shape index (κ1) is 21.8. The van der Waals surface area contributed by atoms with Gasteiger partial charge in [-0.1, -0.05) is 30.3 Å². The zero-order chi connectivity index (χ0) is 22.4. The van der Waals surface area contributed by atoms with Crippen molar-refractivity contribution >= 4 is 23.3 Å². The Labute approximate surface area is 180 Å². The van der Waals surface area contributed by atoms with E-state index < -0.39 is 17.7 Å². The molecule has 0 aliphatic rings. The van der Waals surface area contributed by atoms with E-state index in [-0.39, 0.29) is 17.9 Å². The molecule has 0 spiro atoms. The highest BCUT2D eigenvalue weighted by Crippen LogP contribution is 2.31. The average molecular weight is 420 g/mol. The number of ketones is 1. The van der Waals surface area contributed by atoms with Gasteiger partial charge in [-0.3, -0.25) is 9.59 Å². The van der Waals surface area contributed by atoms with E-state index in [0.29, 0.717) is 34.9 Å². The summed E-state index contributed by atoms with van der Waals surface area (Å²) in [5.41, 5.74) is 2.17. The number of benzene rings is 2. The van der Waals surface area contributed by atoms with Crippen molar-refractivity contribution in [2.24, 2.45) is 0 Å². The molecule has 7 nitrogen and oxygen atoms in total. The molecule has 1 heterocycles. The third-order valence-corrected chi connectivity index (χ3v) is 4.59. The summed E-state index contributed by atoms with van der Waals surface area (Å²) in [6.45, 7) is 5.97. The van der Waals surface area contributed by atoms with Gasteiger partial charge in [0, 0.05) is 16.9 Å². The van der Waals surface area contributed by atoms with E-state index in [1.165, 1.54) is 0 Å². The monoisotopic (exact) mass is 420 g/mol. The van der Waals surface area contributed by atoms with Gasteiger partial charge in [0.25, 0.3) is 11.7 Å². The van der Waals surface area contributed by atoms with E-state index in [1.807, 2.05) is 13.0 Å². The maximum absolute atomic E-state index is 13.0. The molecule has 0 fully saturated rings. The van der Waals surface area contributed by atoms with Crippen molar-refractivity contribution in [2.45, 2.75) is 20.8 Å². The molecule has 3 aromatic rings. The van der Waals surface area contributed by atoms with Gasteiger partial charge >= 0.3 is 5.97 Å². The summed E-state index contributed by atoms with van der Waals surface area (Å²) in [5.74, 6) is -1.50. The van der Waals surface area contributed by atoms with Crippen molar-refractivity contribution in [1.29, 1.82) is 0 Å². The van der Waals surface area contributed by atoms with Gasteiger partial charge in [0.2, 0.25) is 0 Å². The van der Waals surface area contributed by atoms with E-state index in [0.717, 1.165) is 0 Å². The van der Waals surface area contributed by atoms with Crippen LogP contribution in [0.5, 0.6) is 5.75 Å². The number of aryl methyl sites for hydroxylation is 1. The minimum Gasteiger partial charge on any atom is -0.494 e. The number of anilines is 1. The Morgan fingerprint density at radius 1 is 0.935 bits per heavy atom. The summed E-state index contributed by atoms with van der Waals surface area (Å²) in [7, 11) is 0. The van der Waals surface area contributed by atoms with Crippen LogP contribution in [-0.4, -0.2) is 35.9 Å². The molecule has 0 radical (unpaired) electrons. The Kier molecular flexibility index (Phi) is 6.87. The summed E-state index contributed by atoms with van der Waals surface area (Å²) in [6.07, 6.45) is 0. The molecule has 2 N–H and O–H groups in total. The van der Waals surface area contributed by atoms with Crippen LogP contribution in [0.2, 0.25) is 0 Å². The van der Waals surface area contributed by atoms with Crippen molar-refractivity contribution in [3.8, 4) is 16.9 Å². The summed E-state index contributed by atoms with van der Waals surface area (Å²) >= 11 is 0. The number of aromatic nitrogens is 1. The van der Waals surface area contributed by atoms with Crippen LogP contribution in [-0.2, 0) is 9.53 Å². The van der Waals surface area contributed by atoms with Gasteiger partial charge in [0.1, 0.15) is 11.4 Å². The number of aromatic amines is 1. The lowest BCUT2D eigenvalue weighted by Gasteiger charge is -2.09. The lowest BCUT2D eigenvalue weighted by atomic mass is 9.98. The Morgan fingerprint density at radius 3 is 2.23 bits per heavy atom. The van der Waals surface area contributed by atoms with Gasteiger partial charge < -0.3 is 19.8 Å². The molecule has 0 atom stereocenters. The molecule has 0 bridgehead atoms. The van der Waals surface area contributed by atoms with Crippen molar-refractivity contribution in [3.05, 3.63) is 71.5 Å². The number of amides is 1. The van der Waals surface area contributed by atoms with Crippen molar-refractivity contribution < 1.29 is 23.9 Å². The van der Waals surface area contributed by atoms with Crippen LogP contribution in [0.3, 0.4) is 0 Å². The fourth-order valence-corrected chi connectivity index (χ4v) is 3.25. The molecular formula is C24H24N2O5. The van der Waals surface area contributed by atoms with Gasteiger partial charge in [0.05, 0.1) is 18.8 Å².